The summed E-state index contributed by atoms with van der Waals surface area (Å²) < 4.78 is 46.3. The molecule has 0 atom stereocenters. The van der Waals surface area contributed by atoms with Crippen molar-refractivity contribution in [2.45, 2.75) is 13.5 Å². The van der Waals surface area contributed by atoms with Crippen LogP contribution in [0, 0.1) is 0 Å². The van der Waals surface area contributed by atoms with Gasteiger partial charge in [0.05, 0.1) is 20.8 Å². The molecule has 0 aliphatic heterocycles. The van der Waals surface area contributed by atoms with Gasteiger partial charge < -0.3 is 24.3 Å². The standard InChI is InChI=1S/C24H23F2NO5/c1-4-31-22-13-16(7-11-21(22)30-3)23(28)27-17-8-12-20(32-24(25)26)19(14-17)15-5-9-18(29-2)10-6-15/h5-14,24H,4H2,1-3H3,(H,27,28). The van der Waals surface area contributed by atoms with E-state index in [4.69, 9.17) is 14.2 Å². The van der Waals surface area contributed by atoms with Crippen molar-refractivity contribution in [2.75, 3.05) is 26.1 Å². The van der Waals surface area contributed by atoms with E-state index in [0.717, 1.165) is 0 Å². The summed E-state index contributed by atoms with van der Waals surface area (Å²) in [4.78, 5) is 12.8. The molecule has 1 amide bonds. The Morgan fingerprint density at radius 2 is 1.62 bits per heavy atom. The fourth-order valence-electron chi connectivity index (χ4n) is 3.09. The first-order chi connectivity index (χ1) is 15.4. The highest BCUT2D eigenvalue weighted by Crippen LogP contribution is 2.35. The molecule has 0 heterocycles. The number of amides is 1. The lowest BCUT2D eigenvalue weighted by molar-refractivity contribution is -0.0494. The molecule has 3 rings (SSSR count). The molecule has 0 unspecified atom stereocenters. The Hall–Kier alpha value is -3.81. The van der Waals surface area contributed by atoms with Crippen molar-refractivity contribution in [1.82, 2.24) is 0 Å². The first kappa shape index (κ1) is 22.9. The van der Waals surface area contributed by atoms with E-state index in [9.17, 15) is 13.6 Å². The lowest BCUT2D eigenvalue weighted by Crippen LogP contribution is -2.12. The maximum atomic E-state index is 12.9. The molecule has 0 spiro atoms. The zero-order valence-electron chi connectivity index (χ0n) is 17.9. The Balaban J connectivity index is 1.91. The van der Waals surface area contributed by atoms with Crippen molar-refractivity contribution in [1.29, 1.82) is 0 Å². The first-order valence-electron chi connectivity index (χ1n) is 9.80. The number of anilines is 1. The summed E-state index contributed by atoms with van der Waals surface area (Å²) in [6.45, 7) is -0.738. The molecule has 3 aromatic rings. The van der Waals surface area contributed by atoms with Crippen LogP contribution in [-0.2, 0) is 0 Å². The van der Waals surface area contributed by atoms with Crippen LogP contribution >= 0.6 is 0 Å². The largest absolute Gasteiger partial charge is 0.497 e. The SMILES string of the molecule is CCOc1cc(C(=O)Nc2ccc(OC(F)F)c(-c3ccc(OC)cc3)c2)ccc1OC. The average molecular weight is 443 g/mol. The smallest absolute Gasteiger partial charge is 0.387 e. The van der Waals surface area contributed by atoms with E-state index >= 15 is 0 Å². The van der Waals surface area contributed by atoms with E-state index < -0.39 is 12.5 Å². The molecule has 168 valence electrons. The molecule has 8 heteroatoms. The summed E-state index contributed by atoms with van der Waals surface area (Å²) in [7, 11) is 3.05. The van der Waals surface area contributed by atoms with Crippen LogP contribution < -0.4 is 24.3 Å². The van der Waals surface area contributed by atoms with E-state index in [1.165, 1.54) is 26.4 Å². The summed E-state index contributed by atoms with van der Waals surface area (Å²) >= 11 is 0. The second-order valence-corrected chi connectivity index (χ2v) is 6.57. The number of halogens is 2. The van der Waals surface area contributed by atoms with E-state index in [0.29, 0.717) is 46.2 Å². The molecule has 0 bridgehead atoms. The number of ether oxygens (including phenoxy) is 4. The van der Waals surface area contributed by atoms with Crippen LogP contribution in [0.15, 0.2) is 60.7 Å². The van der Waals surface area contributed by atoms with Crippen molar-refractivity contribution in [3.05, 3.63) is 66.2 Å². The Kier molecular flexibility index (Phi) is 7.49. The second-order valence-electron chi connectivity index (χ2n) is 6.57. The Morgan fingerprint density at radius 1 is 0.906 bits per heavy atom. The van der Waals surface area contributed by atoms with Gasteiger partial charge in [0.2, 0.25) is 0 Å². The van der Waals surface area contributed by atoms with Gasteiger partial charge in [-0.15, -0.1) is 0 Å². The van der Waals surface area contributed by atoms with Crippen LogP contribution in [0.25, 0.3) is 11.1 Å². The lowest BCUT2D eigenvalue weighted by Gasteiger charge is -2.14. The van der Waals surface area contributed by atoms with Crippen LogP contribution in [0.2, 0.25) is 0 Å². The fourth-order valence-corrected chi connectivity index (χ4v) is 3.09. The zero-order chi connectivity index (χ0) is 23.1. The number of nitrogens with one attached hydrogen (secondary N) is 1. The average Bonchev–Trinajstić information content (AvgIpc) is 2.80. The monoisotopic (exact) mass is 443 g/mol. The van der Waals surface area contributed by atoms with Gasteiger partial charge in [0.15, 0.2) is 11.5 Å². The normalized spacial score (nSPS) is 10.6. The second kappa shape index (κ2) is 10.5. The van der Waals surface area contributed by atoms with Crippen molar-refractivity contribution in [3.63, 3.8) is 0 Å². The molecule has 3 aromatic carbocycles. The van der Waals surface area contributed by atoms with Crippen LogP contribution in [0.5, 0.6) is 23.0 Å². The van der Waals surface area contributed by atoms with Crippen LogP contribution in [0.4, 0.5) is 14.5 Å². The lowest BCUT2D eigenvalue weighted by atomic mass is 10.0. The predicted octanol–water partition coefficient (Wildman–Crippen LogP) is 5.62. The maximum absolute atomic E-state index is 12.9. The van der Waals surface area contributed by atoms with Crippen molar-refractivity contribution >= 4 is 11.6 Å². The van der Waals surface area contributed by atoms with Gasteiger partial charge in [0, 0.05) is 16.8 Å². The topological polar surface area (TPSA) is 66.0 Å². The molecule has 0 radical (unpaired) electrons. The number of hydrogen-bond donors (Lipinski definition) is 1. The highest BCUT2D eigenvalue weighted by Gasteiger charge is 2.15. The van der Waals surface area contributed by atoms with Crippen LogP contribution in [0.3, 0.4) is 0 Å². The third kappa shape index (κ3) is 5.46. The molecule has 0 aromatic heterocycles. The van der Waals surface area contributed by atoms with E-state index in [2.05, 4.69) is 10.1 Å². The molecule has 1 N–H and O–H groups in total. The number of methoxy groups -OCH3 is 2. The number of benzene rings is 3. The third-order valence-electron chi connectivity index (χ3n) is 4.58. The third-order valence-corrected chi connectivity index (χ3v) is 4.58. The summed E-state index contributed by atoms with van der Waals surface area (Å²) in [5, 5.41) is 2.78. The summed E-state index contributed by atoms with van der Waals surface area (Å²) in [6, 6.07) is 16.1. The van der Waals surface area contributed by atoms with E-state index in [-0.39, 0.29) is 5.75 Å². The summed E-state index contributed by atoms with van der Waals surface area (Å²) in [5.41, 5.74) is 1.79. The van der Waals surface area contributed by atoms with Gasteiger partial charge in [-0.2, -0.15) is 8.78 Å². The number of hydrogen-bond acceptors (Lipinski definition) is 5. The molecule has 6 nitrogen and oxygen atoms in total. The minimum Gasteiger partial charge on any atom is -0.497 e. The van der Waals surface area contributed by atoms with Crippen LogP contribution in [0.1, 0.15) is 17.3 Å². The molecular formula is C24H23F2NO5. The zero-order valence-corrected chi connectivity index (χ0v) is 17.9. The molecule has 0 saturated carbocycles. The van der Waals surface area contributed by atoms with E-state index in [1.54, 1.807) is 48.5 Å². The highest BCUT2D eigenvalue weighted by atomic mass is 19.3. The minimum absolute atomic E-state index is 0.00811. The van der Waals surface area contributed by atoms with Gasteiger partial charge in [0.1, 0.15) is 11.5 Å². The number of carbonyl (C=O) groups is 1. The van der Waals surface area contributed by atoms with E-state index in [1.807, 2.05) is 6.92 Å². The predicted molar refractivity (Wildman–Crippen MR) is 117 cm³/mol. The van der Waals surface area contributed by atoms with Gasteiger partial charge in [-0.25, -0.2) is 0 Å². The van der Waals surface area contributed by atoms with Crippen LogP contribution in [-0.4, -0.2) is 33.3 Å². The molecule has 0 aliphatic rings. The molecular weight excluding hydrogens is 420 g/mol. The Bertz CT molecular complexity index is 1070. The van der Waals surface area contributed by atoms with Crippen molar-refractivity contribution in [2.24, 2.45) is 0 Å². The number of rotatable bonds is 9. The van der Waals surface area contributed by atoms with Gasteiger partial charge >= 0.3 is 6.61 Å². The fraction of sp³-hybridized carbons (Fsp3) is 0.208. The van der Waals surface area contributed by atoms with Gasteiger partial charge in [-0.05, 0) is 61.0 Å². The number of alkyl halides is 2. The molecule has 0 fully saturated rings. The minimum atomic E-state index is -2.98. The Morgan fingerprint density at radius 3 is 2.25 bits per heavy atom. The highest BCUT2D eigenvalue weighted by molar-refractivity contribution is 6.05. The first-order valence-corrected chi connectivity index (χ1v) is 9.80. The van der Waals surface area contributed by atoms with Gasteiger partial charge in [-0.3, -0.25) is 4.79 Å². The van der Waals surface area contributed by atoms with Crippen molar-refractivity contribution < 1.29 is 32.5 Å². The summed E-state index contributed by atoms with van der Waals surface area (Å²) in [6.07, 6.45) is 0. The maximum Gasteiger partial charge on any atom is 0.387 e. The summed E-state index contributed by atoms with van der Waals surface area (Å²) in [5.74, 6) is 1.18. The molecule has 0 aliphatic carbocycles. The van der Waals surface area contributed by atoms with Gasteiger partial charge in [-0.1, -0.05) is 12.1 Å². The van der Waals surface area contributed by atoms with Crippen molar-refractivity contribution in [3.8, 4) is 34.1 Å². The quantitative estimate of drug-likeness (QED) is 0.465. The number of carbonyl (C=O) groups excluding carboxylic acids is 1. The molecule has 32 heavy (non-hydrogen) atoms. The molecule has 0 saturated heterocycles. The Labute approximate surface area is 184 Å². The van der Waals surface area contributed by atoms with Gasteiger partial charge in [0.25, 0.3) is 5.91 Å².